The lowest BCUT2D eigenvalue weighted by atomic mass is 9.99. The van der Waals surface area contributed by atoms with E-state index in [0.29, 0.717) is 26.1 Å². The second-order valence-electron chi connectivity index (χ2n) is 6.21. The van der Waals surface area contributed by atoms with E-state index in [0.717, 1.165) is 18.7 Å². The molecule has 0 bridgehead atoms. The highest BCUT2D eigenvalue weighted by Crippen LogP contribution is 2.14. The Morgan fingerprint density at radius 3 is 2.55 bits per heavy atom. The summed E-state index contributed by atoms with van der Waals surface area (Å²) < 4.78 is 13.2. The third-order valence-electron chi connectivity index (χ3n) is 4.06. The van der Waals surface area contributed by atoms with Crippen LogP contribution in [0.15, 0.2) is 24.3 Å². The van der Waals surface area contributed by atoms with Crippen molar-refractivity contribution in [2.45, 2.75) is 26.4 Å². The Morgan fingerprint density at radius 1 is 1.27 bits per heavy atom. The van der Waals surface area contributed by atoms with Crippen LogP contribution in [0.2, 0.25) is 0 Å². The molecule has 0 aliphatic carbocycles. The maximum atomic E-state index is 13.2. The van der Waals surface area contributed by atoms with Crippen molar-refractivity contribution in [3.63, 3.8) is 0 Å². The molecule has 1 aromatic carbocycles. The summed E-state index contributed by atoms with van der Waals surface area (Å²) in [5.41, 5.74) is 0.855. The van der Waals surface area contributed by atoms with Crippen LogP contribution in [0.25, 0.3) is 0 Å². The van der Waals surface area contributed by atoms with Crippen molar-refractivity contribution in [2.75, 3.05) is 32.7 Å². The minimum Gasteiger partial charge on any atom is -0.392 e. The lowest BCUT2D eigenvalue weighted by Gasteiger charge is -2.36. The number of hydrogen-bond acceptors (Lipinski definition) is 3. The van der Waals surface area contributed by atoms with Crippen LogP contribution in [0.1, 0.15) is 19.4 Å². The normalized spacial score (nSPS) is 19.0. The molecule has 1 heterocycles. The molecule has 5 heteroatoms. The number of piperazine rings is 1. The molecule has 22 heavy (non-hydrogen) atoms. The topological polar surface area (TPSA) is 43.8 Å². The maximum absolute atomic E-state index is 13.2. The van der Waals surface area contributed by atoms with E-state index in [1.807, 2.05) is 17.9 Å². The van der Waals surface area contributed by atoms with Crippen LogP contribution in [0.4, 0.5) is 4.39 Å². The summed E-state index contributed by atoms with van der Waals surface area (Å²) in [6, 6.07) is 6.44. The number of carbonyl (C=O) groups is 1. The fraction of sp³-hybridized carbons (Fsp3) is 0.588. The van der Waals surface area contributed by atoms with Crippen LogP contribution in [-0.2, 0) is 11.2 Å². The highest BCUT2D eigenvalue weighted by atomic mass is 19.1. The van der Waals surface area contributed by atoms with Gasteiger partial charge in [-0.05, 0) is 31.0 Å². The average Bonchev–Trinajstić information content (AvgIpc) is 2.46. The molecule has 0 aromatic heterocycles. The number of hydrogen-bond donors (Lipinski definition) is 1. The molecule has 0 saturated carbocycles. The van der Waals surface area contributed by atoms with Crippen LogP contribution in [-0.4, -0.2) is 59.6 Å². The molecular formula is C17H25FN2O2. The van der Waals surface area contributed by atoms with Gasteiger partial charge in [0.25, 0.3) is 0 Å². The van der Waals surface area contributed by atoms with Crippen LogP contribution < -0.4 is 0 Å². The number of β-amino-alcohol motifs (C(OH)–C–C–N with tert-alkyl or cyclic N) is 1. The van der Waals surface area contributed by atoms with Crippen LogP contribution in [0.5, 0.6) is 0 Å². The number of carbonyl (C=O) groups excluding carboxylic acids is 1. The van der Waals surface area contributed by atoms with Crippen molar-refractivity contribution in [1.29, 1.82) is 0 Å². The fourth-order valence-corrected chi connectivity index (χ4v) is 2.94. The van der Waals surface area contributed by atoms with E-state index in [1.165, 1.54) is 12.1 Å². The molecule has 122 valence electrons. The first-order chi connectivity index (χ1) is 10.5. The average molecular weight is 308 g/mol. The summed E-state index contributed by atoms with van der Waals surface area (Å²) in [4.78, 5) is 16.5. The van der Waals surface area contributed by atoms with E-state index in [-0.39, 0.29) is 23.7 Å². The molecule has 1 N–H and O–H groups in total. The number of halogens is 1. The first kappa shape index (κ1) is 16.9. The van der Waals surface area contributed by atoms with Crippen molar-refractivity contribution in [1.82, 2.24) is 9.80 Å². The SMILES string of the molecule is C[C@@H](O)CN1CCN(C(=O)[C@@H](C)Cc2cccc(F)c2)CC1. The Hall–Kier alpha value is -1.46. The summed E-state index contributed by atoms with van der Waals surface area (Å²) >= 11 is 0. The van der Waals surface area contributed by atoms with Gasteiger partial charge in [-0.3, -0.25) is 9.69 Å². The number of aliphatic hydroxyl groups is 1. The fourth-order valence-electron chi connectivity index (χ4n) is 2.94. The Balaban J connectivity index is 1.84. The van der Waals surface area contributed by atoms with Gasteiger partial charge in [0.15, 0.2) is 0 Å². The number of benzene rings is 1. The molecule has 1 aliphatic rings. The second-order valence-corrected chi connectivity index (χ2v) is 6.21. The predicted molar refractivity (Wildman–Crippen MR) is 84.0 cm³/mol. The predicted octanol–water partition coefficient (Wildman–Crippen LogP) is 1.53. The minimum absolute atomic E-state index is 0.126. The minimum atomic E-state index is -0.339. The summed E-state index contributed by atoms with van der Waals surface area (Å²) in [6.07, 6.45) is 0.221. The van der Waals surface area contributed by atoms with Gasteiger partial charge < -0.3 is 10.0 Å². The van der Waals surface area contributed by atoms with Crippen LogP contribution in [0, 0.1) is 11.7 Å². The van der Waals surface area contributed by atoms with Gasteiger partial charge in [0.1, 0.15) is 5.82 Å². The van der Waals surface area contributed by atoms with Crippen molar-refractivity contribution in [3.05, 3.63) is 35.6 Å². The molecule has 1 saturated heterocycles. The van der Waals surface area contributed by atoms with E-state index < -0.39 is 0 Å². The number of aliphatic hydroxyl groups excluding tert-OH is 1. The quantitative estimate of drug-likeness (QED) is 0.897. The zero-order valence-electron chi connectivity index (χ0n) is 13.3. The van der Waals surface area contributed by atoms with Gasteiger partial charge in [-0.1, -0.05) is 19.1 Å². The lowest BCUT2D eigenvalue weighted by Crippen LogP contribution is -2.51. The van der Waals surface area contributed by atoms with Crippen molar-refractivity contribution in [2.24, 2.45) is 5.92 Å². The third-order valence-corrected chi connectivity index (χ3v) is 4.06. The largest absolute Gasteiger partial charge is 0.392 e. The molecule has 2 rings (SSSR count). The van der Waals surface area contributed by atoms with E-state index in [4.69, 9.17) is 0 Å². The highest BCUT2D eigenvalue weighted by Gasteiger charge is 2.25. The summed E-state index contributed by atoms with van der Waals surface area (Å²) in [5, 5.41) is 9.40. The molecular weight excluding hydrogens is 283 g/mol. The number of amides is 1. The first-order valence-electron chi connectivity index (χ1n) is 7.89. The van der Waals surface area contributed by atoms with Crippen molar-refractivity contribution >= 4 is 5.91 Å². The van der Waals surface area contributed by atoms with Gasteiger partial charge in [0.05, 0.1) is 6.10 Å². The Labute approximate surface area is 131 Å². The summed E-state index contributed by atoms with van der Waals surface area (Å²) in [7, 11) is 0. The molecule has 1 fully saturated rings. The Bertz CT molecular complexity index is 499. The van der Waals surface area contributed by atoms with Crippen LogP contribution >= 0.6 is 0 Å². The zero-order chi connectivity index (χ0) is 16.1. The molecule has 0 unspecified atom stereocenters. The van der Waals surface area contributed by atoms with E-state index in [1.54, 1.807) is 13.0 Å². The summed E-state index contributed by atoms with van der Waals surface area (Å²) in [6.45, 7) is 7.31. The van der Waals surface area contributed by atoms with E-state index in [2.05, 4.69) is 4.90 Å². The van der Waals surface area contributed by atoms with Crippen LogP contribution in [0.3, 0.4) is 0 Å². The van der Waals surface area contributed by atoms with Crippen molar-refractivity contribution in [3.8, 4) is 0 Å². The Kier molecular flexibility index (Phi) is 5.91. The molecule has 2 atom stereocenters. The molecule has 0 radical (unpaired) electrons. The lowest BCUT2D eigenvalue weighted by molar-refractivity contribution is -0.136. The second kappa shape index (κ2) is 7.70. The third kappa shape index (κ3) is 4.78. The molecule has 0 spiro atoms. The molecule has 1 aromatic rings. The monoisotopic (exact) mass is 308 g/mol. The molecule has 1 amide bonds. The maximum Gasteiger partial charge on any atom is 0.225 e. The van der Waals surface area contributed by atoms with Gasteiger partial charge in [-0.15, -0.1) is 0 Å². The van der Waals surface area contributed by atoms with Crippen molar-refractivity contribution < 1.29 is 14.3 Å². The smallest absolute Gasteiger partial charge is 0.225 e. The number of nitrogens with zero attached hydrogens (tertiary/aromatic N) is 2. The van der Waals surface area contributed by atoms with E-state index >= 15 is 0 Å². The van der Waals surface area contributed by atoms with Gasteiger partial charge in [-0.25, -0.2) is 4.39 Å². The van der Waals surface area contributed by atoms with Gasteiger partial charge in [0.2, 0.25) is 5.91 Å². The first-order valence-corrected chi connectivity index (χ1v) is 7.89. The van der Waals surface area contributed by atoms with Gasteiger partial charge >= 0.3 is 0 Å². The highest BCUT2D eigenvalue weighted by molar-refractivity contribution is 5.79. The Morgan fingerprint density at radius 2 is 1.95 bits per heavy atom. The van der Waals surface area contributed by atoms with Gasteiger partial charge in [-0.2, -0.15) is 0 Å². The molecule has 4 nitrogen and oxygen atoms in total. The van der Waals surface area contributed by atoms with Gasteiger partial charge in [0, 0.05) is 38.6 Å². The number of rotatable bonds is 5. The van der Waals surface area contributed by atoms with E-state index in [9.17, 15) is 14.3 Å². The standard InChI is InChI=1S/C17H25FN2O2/c1-13(10-15-4-3-5-16(18)11-15)17(22)20-8-6-19(7-9-20)12-14(2)21/h3-5,11,13-14,21H,6-10,12H2,1-2H3/t13-,14+/m0/s1. The summed E-state index contributed by atoms with van der Waals surface area (Å²) in [5.74, 6) is -0.282. The zero-order valence-corrected chi connectivity index (χ0v) is 13.3. The molecule has 1 aliphatic heterocycles.